The summed E-state index contributed by atoms with van der Waals surface area (Å²) in [5, 5.41) is 2.58. The van der Waals surface area contributed by atoms with Crippen molar-refractivity contribution in [2.75, 3.05) is 19.0 Å². The first-order chi connectivity index (χ1) is 13.8. The molecule has 0 unspecified atom stereocenters. The SMILES string of the molecule is COc1cccc(NC(=O)COC(=O)Cn2cnc3c2c(=O)n(C)c(=O)n3C)c1. The molecule has 0 fully saturated rings. The zero-order valence-corrected chi connectivity index (χ0v) is 16.0. The molecular formula is C18H19N5O6. The molecule has 0 bridgehead atoms. The second-order valence-corrected chi connectivity index (χ2v) is 6.19. The standard InChI is InChI=1S/C18H19N5O6/c1-21-16-15(17(26)22(2)18(21)27)23(10-19-16)8-14(25)29-9-13(24)20-11-5-4-6-12(7-11)28-3/h4-7,10H,8-9H2,1-3H3,(H,20,24). The Balaban J connectivity index is 1.66. The molecular weight excluding hydrogens is 382 g/mol. The van der Waals surface area contributed by atoms with Gasteiger partial charge in [-0.15, -0.1) is 0 Å². The van der Waals surface area contributed by atoms with E-state index in [4.69, 9.17) is 9.47 Å². The molecule has 1 amide bonds. The van der Waals surface area contributed by atoms with Gasteiger partial charge in [0, 0.05) is 25.8 Å². The number of esters is 1. The van der Waals surface area contributed by atoms with Gasteiger partial charge in [-0.3, -0.25) is 23.5 Å². The Labute approximate surface area is 164 Å². The molecule has 1 aromatic carbocycles. The number of aromatic nitrogens is 4. The third kappa shape index (κ3) is 4.03. The van der Waals surface area contributed by atoms with Crippen LogP contribution in [0, 0.1) is 0 Å². The number of imidazole rings is 1. The molecule has 2 aromatic heterocycles. The first kappa shape index (κ1) is 19.9. The molecule has 3 aromatic rings. The Kier molecular flexibility index (Phi) is 5.48. The smallest absolute Gasteiger partial charge is 0.332 e. The topological polar surface area (TPSA) is 126 Å². The number of hydrogen-bond donors (Lipinski definition) is 1. The van der Waals surface area contributed by atoms with Crippen LogP contribution in [0.1, 0.15) is 0 Å². The van der Waals surface area contributed by atoms with Crippen LogP contribution in [0.15, 0.2) is 40.2 Å². The van der Waals surface area contributed by atoms with E-state index in [1.165, 1.54) is 36.7 Å². The number of hydrogen-bond acceptors (Lipinski definition) is 7. The van der Waals surface area contributed by atoms with Crippen molar-refractivity contribution in [2.24, 2.45) is 14.1 Å². The quantitative estimate of drug-likeness (QED) is 0.558. The van der Waals surface area contributed by atoms with Gasteiger partial charge in [-0.25, -0.2) is 9.78 Å². The molecule has 0 atom stereocenters. The average molecular weight is 401 g/mol. The van der Waals surface area contributed by atoms with Crippen LogP contribution in [-0.4, -0.2) is 44.3 Å². The highest BCUT2D eigenvalue weighted by Gasteiger charge is 2.17. The Hall–Kier alpha value is -3.89. The molecule has 152 valence electrons. The van der Waals surface area contributed by atoms with Crippen molar-refractivity contribution in [2.45, 2.75) is 6.54 Å². The largest absolute Gasteiger partial charge is 0.497 e. The monoisotopic (exact) mass is 401 g/mol. The van der Waals surface area contributed by atoms with Crippen LogP contribution in [0.2, 0.25) is 0 Å². The highest BCUT2D eigenvalue weighted by Crippen LogP contribution is 2.16. The van der Waals surface area contributed by atoms with Gasteiger partial charge in [-0.1, -0.05) is 6.07 Å². The van der Waals surface area contributed by atoms with Gasteiger partial charge in [0.05, 0.1) is 13.4 Å². The first-order valence-corrected chi connectivity index (χ1v) is 8.52. The van der Waals surface area contributed by atoms with E-state index in [9.17, 15) is 19.2 Å². The van der Waals surface area contributed by atoms with Crippen LogP contribution in [0.4, 0.5) is 5.69 Å². The summed E-state index contributed by atoms with van der Waals surface area (Å²) < 4.78 is 13.4. The lowest BCUT2D eigenvalue weighted by Crippen LogP contribution is -2.37. The lowest BCUT2D eigenvalue weighted by molar-refractivity contribution is -0.147. The van der Waals surface area contributed by atoms with Crippen molar-refractivity contribution in [1.82, 2.24) is 18.7 Å². The van der Waals surface area contributed by atoms with Crippen LogP contribution in [0.3, 0.4) is 0 Å². The predicted molar refractivity (Wildman–Crippen MR) is 103 cm³/mol. The molecule has 0 radical (unpaired) electrons. The first-order valence-electron chi connectivity index (χ1n) is 8.52. The van der Waals surface area contributed by atoms with Crippen LogP contribution in [-0.2, 0) is 35.0 Å². The van der Waals surface area contributed by atoms with Crippen molar-refractivity contribution in [1.29, 1.82) is 0 Å². The molecule has 0 saturated carbocycles. The highest BCUT2D eigenvalue weighted by atomic mass is 16.5. The molecule has 1 N–H and O–H groups in total. The number of rotatable bonds is 6. The average Bonchev–Trinajstić information content (AvgIpc) is 3.13. The number of carbonyl (C=O) groups excluding carboxylic acids is 2. The zero-order valence-electron chi connectivity index (χ0n) is 16.0. The number of fused-ring (bicyclic) bond motifs is 1. The van der Waals surface area contributed by atoms with E-state index in [1.54, 1.807) is 24.3 Å². The maximum absolute atomic E-state index is 12.3. The summed E-state index contributed by atoms with van der Waals surface area (Å²) in [6.07, 6.45) is 1.27. The lowest BCUT2D eigenvalue weighted by Gasteiger charge is -2.09. The lowest BCUT2D eigenvalue weighted by atomic mass is 10.3. The fourth-order valence-electron chi connectivity index (χ4n) is 2.75. The van der Waals surface area contributed by atoms with Gasteiger partial charge in [0.25, 0.3) is 11.5 Å². The van der Waals surface area contributed by atoms with Crippen molar-refractivity contribution in [3.8, 4) is 5.75 Å². The van der Waals surface area contributed by atoms with Gasteiger partial charge in [-0.05, 0) is 12.1 Å². The fraction of sp³-hybridized carbons (Fsp3) is 0.278. The van der Waals surface area contributed by atoms with Crippen molar-refractivity contribution < 1.29 is 19.1 Å². The summed E-state index contributed by atoms with van der Waals surface area (Å²) in [6.45, 7) is -0.838. The summed E-state index contributed by atoms with van der Waals surface area (Å²) >= 11 is 0. The van der Waals surface area contributed by atoms with Crippen molar-refractivity contribution in [3.05, 3.63) is 51.4 Å². The van der Waals surface area contributed by atoms with Crippen LogP contribution >= 0.6 is 0 Å². The maximum Gasteiger partial charge on any atom is 0.332 e. The third-order valence-corrected chi connectivity index (χ3v) is 4.23. The zero-order chi connectivity index (χ0) is 21.1. The van der Waals surface area contributed by atoms with E-state index in [0.29, 0.717) is 11.4 Å². The Morgan fingerprint density at radius 2 is 1.93 bits per heavy atom. The van der Waals surface area contributed by atoms with Crippen molar-refractivity contribution >= 4 is 28.7 Å². The van der Waals surface area contributed by atoms with Gasteiger partial charge >= 0.3 is 11.7 Å². The van der Waals surface area contributed by atoms with E-state index >= 15 is 0 Å². The summed E-state index contributed by atoms with van der Waals surface area (Å²) in [7, 11) is 4.32. The second kappa shape index (κ2) is 8.00. The molecule has 11 nitrogen and oxygen atoms in total. The van der Waals surface area contributed by atoms with E-state index in [0.717, 1.165) is 4.57 Å². The van der Waals surface area contributed by atoms with Gasteiger partial charge in [0.15, 0.2) is 17.8 Å². The predicted octanol–water partition coefficient (Wildman–Crippen LogP) is -0.376. The maximum atomic E-state index is 12.3. The number of methoxy groups -OCH3 is 1. The summed E-state index contributed by atoms with van der Waals surface area (Å²) in [5.74, 6) is -0.691. The number of amides is 1. The van der Waals surface area contributed by atoms with Gasteiger partial charge in [-0.2, -0.15) is 0 Å². The van der Waals surface area contributed by atoms with Gasteiger partial charge < -0.3 is 19.4 Å². The minimum Gasteiger partial charge on any atom is -0.497 e. The molecule has 0 spiro atoms. The number of aryl methyl sites for hydroxylation is 1. The molecule has 0 aliphatic rings. The molecule has 3 rings (SSSR count). The molecule has 29 heavy (non-hydrogen) atoms. The van der Waals surface area contributed by atoms with E-state index in [2.05, 4.69) is 10.3 Å². The normalized spacial score (nSPS) is 10.7. The number of carbonyl (C=O) groups is 2. The summed E-state index contributed by atoms with van der Waals surface area (Å²) in [6, 6.07) is 6.72. The molecule has 11 heteroatoms. The number of nitrogens with one attached hydrogen (secondary N) is 1. The van der Waals surface area contributed by atoms with Crippen LogP contribution < -0.4 is 21.3 Å². The number of benzene rings is 1. The fourth-order valence-corrected chi connectivity index (χ4v) is 2.75. The van der Waals surface area contributed by atoms with Crippen LogP contribution in [0.5, 0.6) is 5.75 Å². The number of nitrogens with zero attached hydrogens (tertiary/aromatic N) is 4. The minimum absolute atomic E-state index is 0.0902. The summed E-state index contributed by atoms with van der Waals surface area (Å²) in [4.78, 5) is 52.4. The Morgan fingerprint density at radius 3 is 2.66 bits per heavy atom. The second-order valence-electron chi connectivity index (χ2n) is 6.19. The van der Waals surface area contributed by atoms with E-state index in [-0.39, 0.29) is 17.7 Å². The van der Waals surface area contributed by atoms with Crippen LogP contribution in [0.25, 0.3) is 11.2 Å². The number of ether oxygens (including phenoxy) is 2. The Morgan fingerprint density at radius 1 is 1.17 bits per heavy atom. The Bertz CT molecular complexity index is 1210. The third-order valence-electron chi connectivity index (χ3n) is 4.23. The van der Waals surface area contributed by atoms with Gasteiger partial charge in [0.2, 0.25) is 0 Å². The molecule has 0 aliphatic heterocycles. The van der Waals surface area contributed by atoms with E-state index < -0.39 is 29.7 Å². The molecule has 0 aliphatic carbocycles. The summed E-state index contributed by atoms with van der Waals surface area (Å²) in [5.41, 5.74) is -0.363. The molecule has 0 saturated heterocycles. The minimum atomic E-state index is -0.735. The van der Waals surface area contributed by atoms with E-state index in [1.807, 2.05) is 0 Å². The van der Waals surface area contributed by atoms with Crippen molar-refractivity contribution in [3.63, 3.8) is 0 Å². The number of anilines is 1. The molecule has 2 heterocycles. The highest BCUT2D eigenvalue weighted by molar-refractivity contribution is 5.93. The van der Waals surface area contributed by atoms with Gasteiger partial charge in [0.1, 0.15) is 12.3 Å².